The minimum Gasteiger partial charge on any atom is -0.343 e. The maximum Gasteiger partial charge on any atom is 0.0486 e. The van der Waals surface area contributed by atoms with Crippen LogP contribution >= 0.6 is 0 Å². The van der Waals surface area contributed by atoms with Crippen molar-refractivity contribution in [3.05, 3.63) is 83.6 Å². The molecule has 0 saturated carbocycles. The molecular formula is C31H52N2. The van der Waals surface area contributed by atoms with Crippen LogP contribution in [0.15, 0.2) is 66.9 Å². The van der Waals surface area contributed by atoms with E-state index >= 15 is 0 Å². The van der Waals surface area contributed by atoms with Crippen molar-refractivity contribution in [2.45, 2.75) is 94.5 Å². The zero-order valence-corrected chi connectivity index (χ0v) is 22.0. The highest BCUT2D eigenvalue weighted by Gasteiger charge is 2.08. The number of hydrogen-bond acceptors (Lipinski definition) is 1. The average Bonchev–Trinajstić information content (AvgIpc) is 3.13. The summed E-state index contributed by atoms with van der Waals surface area (Å²) in [5.74, 6) is 0.659. The van der Waals surface area contributed by atoms with Crippen molar-refractivity contribution in [1.29, 1.82) is 0 Å². The first kappa shape index (κ1) is 32.9. The van der Waals surface area contributed by atoms with Crippen molar-refractivity contribution in [2.24, 2.45) is 5.73 Å². The third-order valence-electron chi connectivity index (χ3n) is 4.93. The first-order valence-electron chi connectivity index (χ1n) is 12.4. The molecule has 0 aliphatic rings. The van der Waals surface area contributed by atoms with Crippen LogP contribution in [0.3, 0.4) is 0 Å². The van der Waals surface area contributed by atoms with Crippen LogP contribution in [0.25, 0.3) is 10.9 Å². The summed E-state index contributed by atoms with van der Waals surface area (Å²) >= 11 is 0. The molecule has 2 N–H and O–H groups in total. The fourth-order valence-electron chi connectivity index (χ4n) is 3.40. The molecule has 0 radical (unpaired) electrons. The minimum absolute atomic E-state index is 0. The number of unbranched alkanes of at least 4 members (excludes halogenated alkanes) is 1. The quantitative estimate of drug-likeness (QED) is 0.281. The number of nitrogens with two attached hydrogens (primary N) is 1. The number of hydrogen-bond donors (Lipinski definition) is 1. The van der Waals surface area contributed by atoms with Crippen LogP contribution in [0.4, 0.5) is 0 Å². The summed E-state index contributed by atoms with van der Waals surface area (Å²) < 4.78 is 2.31. The highest BCUT2D eigenvalue weighted by Crippen LogP contribution is 2.25. The Morgan fingerprint density at radius 3 is 2.06 bits per heavy atom. The maximum atomic E-state index is 5.58. The van der Waals surface area contributed by atoms with Crippen LogP contribution in [0.5, 0.6) is 0 Å². The lowest BCUT2D eigenvalue weighted by Gasteiger charge is -2.04. The van der Waals surface area contributed by atoms with Crippen molar-refractivity contribution >= 4 is 10.9 Å². The number of allylic oxidation sites excluding steroid dienone is 1. The Morgan fingerprint density at radius 2 is 1.58 bits per heavy atom. The summed E-state index contributed by atoms with van der Waals surface area (Å²) in [5, 5.41) is 1.39. The van der Waals surface area contributed by atoms with Crippen molar-refractivity contribution in [1.82, 2.24) is 4.57 Å². The Kier molecular flexibility index (Phi) is 19.1. The number of fused-ring (bicyclic) bond motifs is 1. The van der Waals surface area contributed by atoms with E-state index in [9.17, 15) is 0 Å². The Balaban J connectivity index is 0. The second-order valence-corrected chi connectivity index (χ2v) is 8.07. The summed E-state index contributed by atoms with van der Waals surface area (Å²) in [6.07, 6.45) is 5.66. The number of rotatable bonds is 7. The Hall–Kier alpha value is -2.32. The van der Waals surface area contributed by atoms with Crippen LogP contribution < -0.4 is 5.73 Å². The SMILES string of the molecule is C.C=C(C)Cn1cc(CCCCN)c2cc(C)ccc21.CC.CC.CC(C)c1ccccc1. The molecule has 186 valence electrons. The number of aromatic nitrogens is 1. The van der Waals surface area contributed by atoms with E-state index in [0.717, 1.165) is 32.4 Å². The fraction of sp³-hybridized carbons (Fsp3) is 0.484. The molecule has 0 saturated heterocycles. The first-order valence-corrected chi connectivity index (χ1v) is 12.4. The lowest BCUT2D eigenvalue weighted by Crippen LogP contribution is -1.99. The van der Waals surface area contributed by atoms with Crippen LogP contribution in [-0.4, -0.2) is 11.1 Å². The monoisotopic (exact) mass is 452 g/mol. The molecule has 3 aromatic rings. The van der Waals surface area contributed by atoms with Gasteiger partial charge in [-0.1, -0.05) is 103 Å². The summed E-state index contributed by atoms with van der Waals surface area (Å²) in [6.45, 7) is 22.3. The summed E-state index contributed by atoms with van der Waals surface area (Å²) in [5.41, 5.74) is 12.3. The van der Waals surface area contributed by atoms with Gasteiger partial charge in [-0.3, -0.25) is 0 Å². The Bertz CT molecular complexity index is 873. The maximum absolute atomic E-state index is 5.58. The summed E-state index contributed by atoms with van der Waals surface area (Å²) in [6, 6.07) is 17.2. The first-order chi connectivity index (χ1) is 15.4. The molecule has 0 unspecified atom stereocenters. The average molecular weight is 453 g/mol. The van der Waals surface area contributed by atoms with E-state index in [1.165, 1.54) is 33.2 Å². The summed E-state index contributed by atoms with van der Waals surface area (Å²) in [4.78, 5) is 0. The molecule has 2 heteroatoms. The topological polar surface area (TPSA) is 30.9 Å². The normalized spacial score (nSPS) is 9.52. The van der Waals surface area contributed by atoms with E-state index in [4.69, 9.17) is 5.73 Å². The molecule has 0 aliphatic heterocycles. The van der Waals surface area contributed by atoms with E-state index in [-0.39, 0.29) is 7.43 Å². The summed E-state index contributed by atoms with van der Waals surface area (Å²) in [7, 11) is 0. The molecule has 2 nitrogen and oxygen atoms in total. The van der Waals surface area contributed by atoms with E-state index in [2.05, 4.69) is 87.5 Å². The standard InChI is InChI=1S/C17H24N2.C9H12.2C2H6.CH4/c1-13(2)11-19-12-15(6-4-5-9-18)16-10-14(3)7-8-17(16)19;1-8(2)9-6-4-3-5-7-9;2*1-2;/h7-8,10,12H,1,4-6,9,11,18H2,2-3H3;3-8H,1-2H3;2*1-2H3;1H4. The lowest BCUT2D eigenvalue weighted by molar-refractivity contribution is 0.741. The van der Waals surface area contributed by atoms with Crippen LogP contribution in [0.2, 0.25) is 0 Å². The van der Waals surface area contributed by atoms with Crippen molar-refractivity contribution in [3.8, 4) is 0 Å². The van der Waals surface area contributed by atoms with E-state index < -0.39 is 0 Å². The molecule has 1 aromatic heterocycles. The van der Waals surface area contributed by atoms with E-state index in [0.29, 0.717) is 5.92 Å². The van der Waals surface area contributed by atoms with Gasteiger partial charge in [0.15, 0.2) is 0 Å². The Labute approximate surface area is 205 Å². The van der Waals surface area contributed by atoms with Gasteiger partial charge in [0.25, 0.3) is 0 Å². The Morgan fingerprint density at radius 1 is 0.970 bits per heavy atom. The van der Waals surface area contributed by atoms with E-state index in [1.54, 1.807) is 0 Å². The molecule has 2 aromatic carbocycles. The molecule has 0 spiro atoms. The number of benzene rings is 2. The molecule has 1 heterocycles. The second-order valence-electron chi connectivity index (χ2n) is 8.07. The third-order valence-corrected chi connectivity index (χ3v) is 4.93. The molecule has 0 atom stereocenters. The van der Waals surface area contributed by atoms with Gasteiger partial charge >= 0.3 is 0 Å². The van der Waals surface area contributed by atoms with Gasteiger partial charge in [0.1, 0.15) is 0 Å². The van der Waals surface area contributed by atoms with Crippen molar-refractivity contribution in [3.63, 3.8) is 0 Å². The third kappa shape index (κ3) is 11.9. The van der Waals surface area contributed by atoms with Gasteiger partial charge in [-0.15, -0.1) is 0 Å². The van der Waals surface area contributed by atoms with Gasteiger partial charge < -0.3 is 10.3 Å². The lowest BCUT2D eigenvalue weighted by atomic mass is 10.0. The molecular weight excluding hydrogens is 400 g/mol. The van der Waals surface area contributed by atoms with Gasteiger partial charge in [0.05, 0.1) is 0 Å². The van der Waals surface area contributed by atoms with Crippen molar-refractivity contribution in [2.75, 3.05) is 6.54 Å². The predicted molar refractivity (Wildman–Crippen MR) is 153 cm³/mol. The van der Waals surface area contributed by atoms with Crippen LogP contribution in [-0.2, 0) is 13.0 Å². The van der Waals surface area contributed by atoms with Gasteiger partial charge in [-0.2, -0.15) is 0 Å². The zero-order valence-electron chi connectivity index (χ0n) is 22.0. The molecule has 33 heavy (non-hydrogen) atoms. The minimum atomic E-state index is 0. The van der Waals surface area contributed by atoms with Crippen molar-refractivity contribution < 1.29 is 0 Å². The highest BCUT2D eigenvalue weighted by atomic mass is 15.0. The van der Waals surface area contributed by atoms with Gasteiger partial charge in [-0.05, 0) is 68.8 Å². The fourth-order valence-corrected chi connectivity index (χ4v) is 3.40. The predicted octanol–water partition coefficient (Wildman–Crippen LogP) is 9.31. The molecule has 0 aliphatic carbocycles. The highest BCUT2D eigenvalue weighted by molar-refractivity contribution is 5.84. The van der Waals surface area contributed by atoms with E-state index in [1.807, 2.05) is 33.8 Å². The molecule has 3 rings (SSSR count). The zero-order chi connectivity index (χ0) is 24.5. The van der Waals surface area contributed by atoms with Gasteiger partial charge in [0.2, 0.25) is 0 Å². The number of aryl methyl sites for hydroxylation is 2. The van der Waals surface area contributed by atoms with Gasteiger partial charge in [-0.25, -0.2) is 0 Å². The largest absolute Gasteiger partial charge is 0.343 e. The van der Waals surface area contributed by atoms with Crippen LogP contribution in [0, 0.1) is 6.92 Å². The molecule has 0 amide bonds. The number of nitrogens with zero attached hydrogens (tertiary/aromatic N) is 1. The van der Waals surface area contributed by atoms with Crippen LogP contribution in [0.1, 0.15) is 91.3 Å². The molecule has 0 bridgehead atoms. The smallest absolute Gasteiger partial charge is 0.0486 e. The molecule has 0 fully saturated rings. The van der Waals surface area contributed by atoms with Gasteiger partial charge in [0, 0.05) is 23.6 Å². The second kappa shape index (κ2) is 19.2.